The summed E-state index contributed by atoms with van der Waals surface area (Å²) in [7, 11) is 0. The van der Waals surface area contributed by atoms with E-state index in [1.807, 2.05) is 48.8 Å². The molecule has 0 saturated carbocycles. The molecule has 0 aromatic carbocycles. The molecule has 0 bridgehead atoms. The average Bonchev–Trinajstić information content (AvgIpc) is 3.44. The zero-order chi connectivity index (χ0) is 22.1. The molecular formula is C22H17N7O2S. The third kappa shape index (κ3) is 4.03. The number of aromatic carboxylic acids is 1. The molecule has 0 unspecified atom stereocenters. The average molecular weight is 443 g/mol. The van der Waals surface area contributed by atoms with Gasteiger partial charge in [0, 0.05) is 24.5 Å². The van der Waals surface area contributed by atoms with Gasteiger partial charge in [-0.3, -0.25) is 0 Å². The minimum absolute atomic E-state index is 0.295. The van der Waals surface area contributed by atoms with Crippen LogP contribution in [0.4, 0.5) is 11.6 Å². The lowest BCUT2D eigenvalue weighted by Gasteiger charge is -2.10. The van der Waals surface area contributed by atoms with Gasteiger partial charge in [-0.25, -0.2) is 29.2 Å². The normalized spacial score (nSPS) is 11.0. The highest BCUT2D eigenvalue weighted by Crippen LogP contribution is 2.23. The van der Waals surface area contributed by atoms with E-state index in [1.54, 1.807) is 22.8 Å². The van der Waals surface area contributed by atoms with E-state index in [1.165, 1.54) is 11.3 Å². The van der Waals surface area contributed by atoms with Crippen molar-refractivity contribution >= 4 is 34.5 Å². The summed E-state index contributed by atoms with van der Waals surface area (Å²) in [6, 6.07) is 12.9. The van der Waals surface area contributed by atoms with Crippen molar-refractivity contribution in [1.82, 2.24) is 29.5 Å². The first kappa shape index (κ1) is 19.8. The Bertz CT molecular complexity index is 1440. The van der Waals surface area contributed by atoms with Gasteiger partial charge in [0.1, 0.15) is 27.7 Å². The molecule has 5 heterocycles. The van der Waals surface area contributed by atoms with Crippen molar-refractivity contribution in [3.05, 3.63) is 82.2 Å². The summed E-state index contributed by atoms with van der Waals surface area (Å²) in [5.74, 6) is 1.31. The third-order valence-electron chi connectivity index (χ3n) is 4.69. The van der Waals surface area contributed by atoms with Crippen molar-refractivity contribution in [2.75, 3.05) is 5.32 Å². The minimum atomic E-state index is -0.934. The predicted molar refractivity (Wildman–Crippen MR) is 120 cm³/mol. The fourth-order valence-electron chi connectivity index (χ4n) is 3.24. The first-order valence-corrected chi connectivity index (χ1v) is 10.6. The summed E-state index contributed by atoms with van der Waals surface area (Å²) in [5, 5.41) is 18.7. The number of nitrogens with zero attached hydrogens (tertiary/aromatic N) is 6. The van der Waals surface area contributed by atoms with E-state index in [-0.39, 0.29) is 0 Å². The number of hydrogen-bond acceptors (Lipinski definition) is 8. The molecule has 0 amide bonds. The standard InChI is InChI=1S/C22H17N7O2S/c1-13-4-2-5-15(24-13)20-27-21(16-6-3-9-29(16)28-20)26-18-7-8-23-19(25-18)11-14-10-17(22(30)31)32-12-14/h2-10,12H,11H2,1H3,(H,30,31)(H,23,25,26,27,28). The van der Waals surface area contributed by atoms with Crippen LogP contribution in [0.2, 0.25) is 0 Å². The molecule has 0 aliphatic carbocycles. The molecule has 32 heavy (non-hydrogen) atoms. The Hall–Kier alpha value is -4.18. The third-order valence-corrected chi connectivity index (χ3v) is 5.65. The van der Waals surface area contributed by atoms with Crippen molar-refractivity contribution in [2.24, 2.45) is 0 Å². The van der Waals surface area contributed by atoms with Gasteiger partial charge in [0.2, 0.25) is 5.82 Å². The number of thiophene rings is 1. The zero-order valence-corrected chi connectivity index (χ0v) is 17.7. The molecule has 5 aromatic heterocycles. The second-order valence-electron chi connectivity index (χ2n) is 7.07. The quantitative estimate of drug-likeness (QED) is 0.404. The van der Waals surface area contributed by atoms with Crippen LogP contribution in [-0.2, 0) is 6.42 Å². The Kier molecular flexibility index (Phi) is 5.04. The Morgan fingerprint density at radius 3 is 2.88 bits per heavy atom. The molecule has 158 valence electrons. The van der Waals surface area contributed by atoms with Gasteiger partial charge in [-0.15, -0.1) is 16.4 Å². The summed E-state index contributed by atoms with van der Waals surface area (Å²) < 4.78 is 1.75. The Labute approximate surface area is 186 Å². The summed E-state index contributed by atoms with van der Waals surface area (Å²) >= 11 is 1.19. The van der Waals surface area contributed by atoms with Crippen LogP contribution in [0.3, 0.4) is 0 Å². The number of aryl methyl sites for hydroxylation is 1. The molecule has 0 aliphatic rings. The van der Waals surface area contributed by atoms with Crippen molar-refractivity contribution in [3.63, 3.8) is 0 Å². The maximum atomic E-state index is 11.1. The molecule has 5 aromatic rings. The topological polar surface area (TPSA) is 118 Å². The van der Waals surface area contributed by atoms with Crippen LogP contribution in [0.5, 0.6) is 0 Å². The van der Waals surface area contributed by atoms with Crippen LogP contribution in [0.25, 0.3) is 17.0 Å². The van der Waals surface area contributed by atoms with Gasteiger partial charge in [-0.2, -0.15) is 0 Å². The summed E-state index contributed by atoms with van der Waals surface area (Å²) in [6.45, 7) is 1.92. The van der Waals surface area contributed by atoms with Crippen LogP contribution in [0.1, 0.15) is 26.8 Å². The van der Waals surface area contributed by atoms with Gasteiger partial charge in [-0.05, 0) is 54.3 Å². The van der Waals surface area contributed by atoms with Crippen LogP contribution in [0.15, 0.2) is 60.2 Å². The number of carboxylic acid groups (broad SMARTS) is 1. The number of carboxylic acids is 1. The van der Waals surface area contributed by atoms with E-state index in [2.05, 4.69) is 30.4 Å². The van der Waals surface area contributed by atoms with Gasteiger partial charge in [-0.1, -0.05) is 6.07 Å². The molecule has 2 N–H and O–H groups in total. The molecule has 0 saturated heterocycles. The van der Waals surface area contributed by atoms with Crippen molar-refractivity contribution in [2.45, 2.75) is 13.3 Å². The Balaban J connectivity index is 1.46. The maximum absolute atomic E-state index is 11.1. The van der Waals surface area contributed by atoms with E-state index in [0.29, 0.717) is 40.3 Å². The number of fused-ring (bicyclic) bond motifs is 1. The Morgan fingerprint density at radius 2 is 2.06 bits per heavy atom. The van der Waals surface area contributed by atoms with E-state index in [0.717, 1.165) is 16.8 Å². The van der Waals surface area contributed by atoms with E-state index < -0.39 is 5.97 Å². The number of nitrogens with one attached hydrogen (secondary N) is 1. The van der Waals surface area contributed by atoms with Gasteiger partial charge >= 0.3 is 5.97 Å². The number of pyridine rings is 1. The SMILES string of the molecule is Cc1cccc(-c2nc(Nc3ccnc(Cc4csc(C(=O)O)c4)n3)c3cccn3n2)n1. The highest BCUT2D eigenvalue weighted by molar-refractivity contribution is 7.12. The summed E-state index contributed by atoms with van der Waals surface area (Å²) in [6.07, 6.45) is 3.94. The van der Waals surface area contributed by atoms with Crippen molar-refractivity contribution < 1.29 is 9.90 Å². The van der Waals surface area contributed by atoms with Crippen molar-refractivity contribution in [3.8, 4) is 11.5 Å². The first-order chi connectivity index (χ1) is 15.5. The molecule has 5 rings (SSSR count). The molecule has 9 nitrogen and oxygen atoms in total. The monoisotopic (exact) mass is 443 g/mol. The molecule has 0 atom stereocenters. The number of anilines is 2. The summed E-state index contributed by atoms with van der Waals surface area (Å²) in [5.41, 5.74) is 3.21. The van der Waals surface area contributed by atoms with Crippen LogP contribution >= 0.6 is 11.3 Å². The molecular weight excluding hydrogens is 426 g/mol. The molecule has 10 heteroatoms. The highest BCUT2D eigenvalue weighted by atomic mass is 32.1. The van der Waals surface area contributed by atoms with Crippen LogP contribution in [0, 0.1) is 6.92 Å². The van der Waals surface area contributed by atoms with E-state index in [9.17, 15) is 4.79 Å². The number of carbonyl (C=O) groups is 1. The number of aromatic nitrogens is 6. The molecule has 0 aliphatic heterocycles. The second-order valence-corrected chi connectivity index (χ2v) is 7.98. The summed E-state index contributed by atoms with van der Waals surface area (Å²) in [4.78, 5) is 29.5. The van der Waals surface area contributed by atoms with Crippen LogP contribution in [-0.4, -0.2) is 40.6 Å². The molecule has 0 fully saturated rings. The van der Waals surface area contributed by atoms with Gasteiger partial charge in [0.25, 0.3) is 0 Å². The van der Waals surface area contributed by atoms with Crippen LogP contribution < -0.4 is 5.32 Å². The number of rotatable bonds is 6. The smallest absolute Gasteiger partial charge is 0.345 e. The predicted octanol–water partition coefficient (Wildman–Crippen LogP) is 3.98. The second kappa shape index (κ2) is 8.16. The largest absolute Gasteiger partial charge is 0.477 e. The van der Waals surface area contributed by atoms with E-state index >= 15 is 0 Å². The number of hydrogen-bond donors (Lipinski definition) is 2. The highest BCUT2D eigenvalue weighted by Gasteiger charge is 2.13. The lowest BCUT2D eigenvalue weighted by Crippen LogP contribution is -2.06. The van der Waals surface area contributed by atoms with Crippen molar-refractivity contribution in [1.29, 1.82) is 0 Å². The minimum Gasteiger partial charge on any atom is -0.477 e. The fraction of sp³-hybridized carbons (Fsp3) is 0.0909. The Morgan fingerprint density at radius 1 is 1.16 bits per heavy atom. The lowest BCUT2D eigenvalue weighted by atomic mass is 10.2. The van der Waals surface area contributed by atoms with Gasteiger partial charge in [0.15, 0.2) is 5.82 Å². The van der Waals surface area contributed by atoms with E-state index in [4.69, 9.17) is 5.11 Å². The zero-order valence-electron chi connectivity index (χ0n) is 16.9. The molecule has 0 radical (unpaired) electrons. The fourth-order valence-corrected chi connectivity index (χ4v) is 3.99. The lowest BCUT2D eigenvalue weighted by molar-refractivity contribution is 0.0702. The van der Waals surface area contributed by atoms with Gasteiger partial charge < -0.3 is 10.4 Å². The first-order valence-electron chi connectivity index (χ1n) is 9.74. The van der Waals surface area contributed by atoms with Gasteiger partial charge in [0.05, 0.1) is 0 Å². The maximum Gasteiger partial charge on any atom is 0.345 e. The molecule has 0 spiro atoms.